The SMILES string of the molecule is O=S1(=O)CCC(NCc2nc3ncccc3[nH]2)C1. The molecule has 1 aliphatic heterocycles. The van der Waals surface area contributed by atoms with Gasteiger partial charge in [0.05, 0.1) is 23.6 Å². The van der Waals surface area contributed by atoms with Crippen LogP contribution in [0.4, 0.5) is 0 Å². The minimum atomic E-state index is -2.83. The zero-order valence-corrected chi connectivity index (χ0v) is 10.6. The number of imidazole rings is 1. The standard InChI is InChI=1S/C11H14N4O2S/c16-18(17)5-3-8(7-18)13-6-10-14-9-2-1-4-12-11(9)15-10/h1-2,4,8,13H,3,5-7H2,(H,12,14,15). The van der Waals surface area contributed by atoms with Crippen LogP contribution in [0.5, 0.6) is 0 Å². The van der Waals surface area contributed by atoms with Crippen LogP contribution in [0.15, 0.2) is 18.3 Å². The number of fused-ring (bicyclic) bond motifs is 1. The summed E-state index contributed by atoms with van der Waals surface area (Å²) in [7, 11) is -2.83. The maximum atomic E-state index is 11.3. The fraction of sp³-hybridized carbons (Fsp3) is 0.455. The number of aromatic nitrogens is 3. The zero-order valence-electron chi connectivity index (χ0n) is 9.76. The molecule has 18 heavy (non-hydrogen) atoms. The van der Waals surface area contributed by atoms with Gasteiger partial charge in [0.1, 0.15) is 5.82 Å². The third kappa shape index (κ3) is 2.37. The molecule has 0 aromatic carbocycles. The van der Waals surface area contributed by atoms with E-state index in [2.05, 4.69) is 20.3 Å². The number of H-pyrrole nitrogens is 1. The summed E-state index contributed by atoms with van der Waals surface area (Å²) in [4.78, 5) is 11.6. The molecule has 2 aromatic rings. The predicted octanol–water partition coefficient (Wildman–Crippen LogP) is 0.235. The van der Waals surface area contributed by atoms with Gasteiger partial charge in [0.25, 0.3) is 0 Å². The first-order valence-electron chi connectivity index (χ1n) is 5.86. The summed E-state index contributed by atoms with van der Waals surface area (Å²) < 4.78 is 22.6. The van der Waals surface area contributed by atoms with E-state index in [-0.39, 0.29) is 17.5 Å². The van der Waals surface area contributed by atoms with Crippen molar-refractivity contribution in [1.82, 2.24) is 20.3 Å². The van der Waals surface area contributed by atoms with Crippen molar-refractivity contribution >= 4 is 21.0 Å². The number of rotatable bonds is 3. The molecule has 1 aliphatic rings. The Hall–Kier alpha value is -1.47. The molecular formula is C11H14N4O2S. The molecule has 2 N–H and O–H groups in total. The van der Waals surface area contributed by atoms with Gasteiger partial charge in [-0.25, -0.2) is 18.4 Å². The molecule has 0 amide bonds. The van der Waals surface area contributed by atoms with Crippen molar-refractivity contribution in [3.63, 3.8) is 0 Å². The highest BCUT2D eigenvalue weighted by atomic mass is 32.2. The van der Waals surface area contributed by atoms with Gasteiger partial charge in [-0.1, -0.05) is 0 Å². The lowest BCUT2D eigenvalue weighted by Crippen LogP contribution is -2.29. The molecule has 3 heterocycles. The number of aromatic amines is 1. The number of nitrogens with zero attached hydrogens (tertiary/aromatic N) is 2. The van der Waals surface area contributed by atoms with Crippen LogP contribution >= 0.6 is 0 Å². The Morgan fingerprint density at radius 2 is 2.39 bits per heavy atom. The maximum absolute atomic E-state index is 11.3. The highest BCUT2D eigenvalue weighted by Crippen LogP contribution is 2.12. The number of nitrogens with one attached hydrogen (secondary N) is 2. The van der Waals surface area contributed by atoms with Gasteiger partial charge in [-0.3, -0.25) is 0 Å². The van der Waals surface area contributed by atoms with E-state index in [0.717, 1.165) is 11.3 Å². The summed E-state index contributed by atoms with van der Waals surface area (Å²) >= 11 is 0. The van der Waals surface area contributed by atoms with Crippen molar-refractivity contribution in [2.75, 3.05) is 11.5 Å². The van der Waals surface area contributed by atoms with Crippen molar-refractivity contribution in [2.45, 2.75) is 19.0 Å². The van der Waals surface area contributed by atoms with Crippen LogP contribution in [-0.4, -0.2) is 40.9 Å². The highest BCUT2D eigenvalue weighted by molar-refractivity contribution is 7.91. The Bertz CT molecular complexity index is 631. The first-order chi connectivity index (χ1) is 8.62. The van der Waals surface area contributed by atoms with Crippen LogP contribution in [0.3, 0.4) is 0 Å². The lowest BCUT2D eigenvalue weighted by Gasteiger charge is -2.08. The molecule has 3 rings (SSSR count). The van der Waals surface area contributed by atoms with Gasteiger partial charge in [0, 0.05) is 12.2 Å². The Kier molecular flexibility index (Phi) is 2.79. The summed E-state index contributed by atoms with van der Waals surface area (Å²) in [5, 5.41) is 3.21. The summed E-state index contributed by atoms with van der Waals surface area (Å²) in [6.07, 6.45) is 2.38. The lowest BCUT2D eigenvalue weighted by atomic mass is 10.2. The third-order valence-corrected chi connectivity index (χ3v) is 4.87. The van der Waals surface area contributed by atoms with Gasteiger partial charge in [-0.2, -0.15) is 0 Å². The molecule has 0 radical (unpaired) electrons. The molecule has 0 bridgehead atoms. The van der Waals surface area contributed by atoms with Gasteiger partial charge in [0.15, 0.2) is 15.5 Å². The monoisotopic (exact) mass is 266 g/mol. The second kappa shape index (κ2) is 4.33. The van der Waals surface area contributed by atoms with Crippen molar-refractivity contribution < 1.29 is 8.42 Å². The second-order valence-corrected chi connectivity index (χ2v) is 6.77. The van der Waals surface area contributed by atoms with Crippen LogP contribution in [0.25, 0.3) is 11.2 Å². The average Bonchev–Trinajstić information content (AvgIpc) is 2.89. The maximum Gasteiger partial charge on any atom is 0.177 e. The summed E-state index contributed by atoms with van der Waals surface area (Å²) in [5.74, 6) is 1.30. The topological polar surface area (TPSA) is 87.7 Å². The quantitative estimate of drug-likeness (QED) is 0.830. The molecule has 6 nitrogen and oxygen atoms in total. The van der Waals surface area contributed by atoms with E-state index in [1.807, 2.05) is 12.1 Å². The first-order valence-corrected chi connectivity index (χ1v) is 7.68. The van der Waals surface area contributed by atoms with E-state index in [9.17, 15) is 8.42 Å². The number of sulfone groups is 1. The van der Waals surface area contributed by atoms with Crippen molar-refractivity contribution in [3.8, 4) is 0 Å². The first kappa shape index (κ1) is 11.6. The van der Waals surface area contributed by atoms with E-state index in [4.69, 9.17) is 0 Å². The van der Waals surface area contributed by atoms with Gasteiger partial charge < -0.3 is 10.3 Å². The largest absolute Gasteiger partial charge is 0.340 e. The van der Waals surface area contributed by atoms with E-state index >= 15 is 0 Å². The van der Waals surface area contributed by atoms with Gasteiger partial charge in [0.2, 0.25) is 0 Å². The van der Waals surface area contributed by atoms with E-state index in [1.165, 1.54) is 0 Å². The predicted molar refractivity (Wildman–Crippen MR) is 67.8 cm³/mol. The van der Waals surface area contributed by atoms with Crippen molar-refractivity contribution in [3.05, 3.63) is 24.2 Å². The Balaban J connectivity index is 1.67. The fourth-order valence-corrected chi connectivity index (χ4v) is 3.88. The van der Waals surface area contributed by atoms with Crippen molar-refractivity contribution in [1.29, 1.82) is 0 Å². The minimum Gasteiger partial charge on any atom is -0.340 e. The highest BCUT2D eigenvalue weighted by Gasteiger charge is 2.27. The average molecular weight is 266 g/mol. The smallest absolute Gasteiger partial charge is 0.177 e. The minimum absolute atomic E-state index is 0.0381. The molecule has 0 aliphatic carbocycles. The zero-order chi connectivity index (χ0) is 12.6. The molecule has 1 unspecified atom stereocenters. The second-order valence-electron chi connectivity index (χ2n) is 4.54. The number of hydrogen-bond acceptors (Lipinski definition) is 5. The van der Waals surface area contributed by atoms with Gasteiger partial charge >= 0.3 is 0 Å². The molecule has 1 saturated heterocycles. The Morgan fingerprint density at radius 1 is 1.50 bits per heavy atom. The van der Waals surface area contributed by atoms with Crippen LogP contribution in [-0.2, 0) is 16.4 Å². The summed E-state index contributed by atoms with van der Waals surface area (Å²) in [6.45, 7) is 0.538. The van der Waals surface area contributed by atoms with E-state index in [1.54, 1.807) is 6.20 Å². The van der Waals surface area contributed by atoms with Gasteiger partial charge in [-0.05, 0) is 18.6 Å². The molecule has 0 saturated carbocycles. The van der Waals surface area contributed by atoms with E-state index in [0.29, 0.717) is 18.6 Å². The Labute approximate surface area is 105 Å². The molecule has 1 atom stereocenters. The molecule has 96 valence electrons. The van der Waals surface area contributed by atoms with Gasteiger partial charge in [-0.15, -0.1) is 0 Å². The lowest BCUT2D eigenvalue weighted by molar-refractivity contribution is 0.544. The van der Waals surface area contributed by atoms with Crippen LogP contribution in [0.1, 0.15) is 12.2 Å². The normalized spacial score (nSPS) is 22.6. The van der Waals surface area contributed by atoms with Crippen LogP contribution in [0, 0.1) is 0 Å². The molecular weight excluding hydrogens is 252 g/mol. The molecule has 1 fully saturated rings. The Morgan fingerprint density at radius 3 is 3.11 bits per heavy atom. The molecule has 2 aromatic heterocycles. The van der Waals surface area contributed by atoms with Crippen LogP contribution < -0.4 is 5.32 Å². The van der Waals surface area contributed by atoms with Crippen LogP contribution in [0.2, 0.25) is 0 Å². The van der Waals surface area contributed by atoms with Crippen molar-refractivity contribution in [2.24, 2.45) is 0 Å². The fourth-order valence-electron chi connectivity index (χ4n) is 2.18. The third-order valence-electron chi connectivity index (χ3n) is 3.10. The molecule has 7 heteroatoms. The summed E-state index contributed by atoms with van der Waals surface area (Å²) in [6, 6.07) is 3.80. The van der Waals surface area contributed by atoms with E-state index < -0.39 is 9.84 Å². The number of hydrogen-bond donors (Lipinski definition) is 2. The molecule has 0 spiro atoms. The number of pyridine rings is 1. The summed E-state index contributed by atoms with van der Waals surface area (Å²) in [5.41, 5.74) is 1.58.